The van der Waals surface area contributed by atoms with Crippen molar-refractivity contribution in [2.75, 3.05) is 36.6 Å². The van der Waals surface area contributed by atoms with Gasteiger partial charge in [-0.05, 0) is 6.07 Å². The molecular weight excluding hydrogens is 400 g/mol. The lowest BCUT2D eigenvalue weighted by Gasteiger charge is -2.28. The maximum absolute atomic E-state index is 12.7. The lowest BCUT2D eigenvalue weighted by Crippen LogP contribution is -2.26. The van der Waals surface area contributed by atoms with E-state index in [4.69, 9.17) is 6.85 Å². The first kappa shape index (κ1) is 14.7. The van der Waals surface area contributed by atoms with E-state index < -0.39 is 25.4 Å². The summed E-state index contributed by atoms with van der Waals surface area (Å²) in [5, 5.41) is 25.8. The van der Waals surface area contributed by atoms with Crippen LogP contribution < -0.4 is 26.2 Å². The number of rotatable bonds is 4. The third kappa shape index (κ3) is 3.70. The monoisotopic (exact) mass is 427 g/mol. The molecule has 0 bridgehead atoms. The van der Waals surface area contributed by atoms with Crippen molar-refractivity contribution in [2.45, 2.75) is 6.50 Å². The molecule has 1 aliphatic heterocycles. The van der Waals surface area contributed by atoms with Gasteiger partial charge in [0.15, 0.2) is 11.5 Å². The van der Waals surface area contributed by atoms with Gasteiger partial charge in [0.2, 0.25) is 0 Å². The van der Waals surface area contributed by atoms with E-state index in [2.05, 4.69) is 36.3 Å². The van der Waals surface area contributed by atoms with Crippen LogP contribution in [0.1, 0.15) is 23.0 Å². The van der Waals surface area contributed by atoms with Crippen LogP contribution in [0.15, 0.2) is 24.3 Å². The third-order valence-electron chi connectivity index (χ3n) is 4.47. The Morgan fingerprint density at radius 3 is 2.77 bits per heavy atom. The summed E-state index contributed by atoms with van der Waals surface area (Å²) < 4.78 is 39.2. The minimum atomic E-state index is -2.78. The predicted octanol–water partition coefficient (Wildman–Crippen LogP) is 1.08. The summed E-state index contributed by atoms with van der Waals surface area (Å²) in [4.78, 5) is 27.1. The molecule has 31 heavy (non-hydrogen) atoms. The minimum Gasteiger partial charge on any atom is -0.366 e. The van der Waals surface area contributed by atoms with Crippen LogP contribution in [0.5, 0.6) is 0 Å². The van der Waals surface area contributed by atoms with Crippen molar-refractivity contribution in [3.8, 4) is 11.3 Å². The van der Waals surface area contributed by atoms with E-state index in [1.807, 2.05) is 5.32 Å². The molecule has 0 atom stereocenters. The standard InChI is InChI=1S/C19H22N10O2/c1-20-18(30)16-12(8-14(24-25-16)23-19(31)21-2)22-11-7-5-6-10-15-13(26-29(4)27-15)9-28(3)17(10)11/h5-8H,9H2,1-4H3,(H,20,30)(H3,21,22,23,24,31)/i1D3,9D2. The maximum atomic E-state index is 12.7. The van der Waals surface area contributed by atoms with E-state index in [-0.39, 0.29) is 22.9 Å². The first-order valence-electron chi connectivity index (χ1n) is 11.6. The molecule has 2 aromatic heterocycles. The summed E-state index contributed by atoms with van der Waals surface area (Å²) in [5.41, 5.74) is 1.53. The molecule has 3 amide bonds. The Bertz CT molecular complexity index is 1360. The zero-order valence-corrected chi connectivity index (χ0v) is 16.8. The fraction of sp³-hybridized carbons (Fsp3) is 0.263. The van der Waals surface area contributed by atoms with Crippen LogP contribution >= 0.6 is 0 Å². The Hall–Kier alpha value is -4.22. The molecule has 0 aliphatic carbocycles. The molecule has 0 saturated carbocycles. The third-order valence-corrected chi connectivity index (χ3v) is 4.47. The van der Waals surface area contributed by atoms with E-state index in [9.17, 15) is 9.59 Å². The molecule has 3 aromatic rings. The van der Waals surface area contributed by atoms with Crippen LogP contribution in [0.3, 0.4) is 0 Å². The number of fused-ring (bicyclic) bond motifs is 3. The van der Waals surface area contributed by atoms with E-state index in [0.29, 0.717) is 22.6 Å². The lowest BCUT2D eigenvalue weighted by molar-refractivity contribution is 0.0958. The number of para-hydroxylation sites is 1. The highest BCUT2D eigenvalue weighted by atomic mass is 16.2. The van der Waals surface area contributed by atoms with Gasteiger partial charge in [-0.15, -0.1) is 10.2 Å². The van der Waals surface area contributed by atoms with Crippen LogP contribution in [0, 0.1) is 0 Å². The average Bonchev–Trinajstić information content (AvgIpc) is 3.19. The molecule has 4 N–H and O–H groups in total. The van der Waals surface area contributed by atoms with E-state index >= 15 is 0 Å². The summed E-state index contributed by atoms with van der Waals surface area (Å²) in [6.07, 6.45) is 0. The van der Waals surface area contributed by atoms with Crippen molar-refractivity contribution in [1.29, 1.82) is 0 Å². The molecule has 3 heterocycles. The summed E-state index contributed by atoms with van der Waals surface area (Å²) in [5.74, 6) is -1.05. The van der Waals surface area contributed by atoms with Gasteiger partial charge in [0.25, 0.3) is 5.91 Å². The number of anilines is 4. The number of aryl methyl sites for hydroxylation is 1. The van der Waals surface area contributed by atoms with Gasteiger partial charge >= 0.3 is 6.03 Å². The number of hydrogen-bond acceptors (Lipinski definition) is 8. The first-order chi connectivity index (χ1) is 16.8. The summed E-state index contributed by atoms with van der Waals surface area (Å²) in [7, 11) is 4.55. The zero-order chi connectivity index (χ0) is 26.4. The van der Waals surface area contributed by atoms with E-state index in [1.54, 1.807) is 32.3 Å². The Kier molecular flexibility index (Phi) is 3.75. The molecule has 0 saturated heterocycles. The van der Waals surface area contributed by atoms with Gasteiger partial charge < -0.3 is 20.9 Å². The van der Waals surface area contributed by atoms with Gasteiger partial charge in [-0.25, -0.2) is 4.79 Å². The Morgan fingerprint density at radius 2 is 2.00 bits per heavy atom. The summed E-state index contributed by atoms with van der Waals surface area (Å²) in [6.45, 7) is -4.79. The van der Waals surface area contributed by atoms with Crippen molar-refractivity contribution in [3.05, 3.63) is 35.7 Å². The number of amides is 3. The predicted molar refractivity (Wildman–Crippen MR) is 115 cm³/mol. The van der Waals surface area contributed by atoms with Gasteiger partial charge in [0.1, 0.15) is 11.4 Å². The smallest absolute Gasteiger partial charge is 0.320 e. The summed E-state index contributed by atoms with van der Waals surface area (Å²) >= 11 is 0. The number of hydrogen-bond donors (Lipinski definition) is 4. The van der Waals surface area contributed by atoms with Crippen LogP contribution in [-0.4, -0.2) is 58.2 Å². The van der Waals surface area contributed by atoms with Gasteiger partial charge in [0.05, 0.1) is 26.3 Å². The molecule has 1 aromatic carbocycles. The second-order valence-electron chi connectivity index (χ2n) is 6.53. The Labute approximate surface area is 185 Å². The highest BCUT2D eigenvalue weighted by molar-refractivity contribution is 6.00. The number of aromatic nitrogens is 5. The molecule has 0 radical (unpaired) electrons. The number of carbonyl (C=O) groups is 2. The van der Waals surface area contributed by atoms with Gasteiger partial charge in [-0.3, -0.25) is 10.1 Å². The van der Waals surface area contributed by atoms with Crippen LogP contribution in [0.2, 0.25) is 0 Å². The normalized spacial score (nSPS) is 16.4. The molecule has 0 spiro atoms. The van der Waals surface area contributed by atoms with Crippen molar-refractivity contribution in [2.24, 2.45) is 7.05 Å². The van der Waals surface area contributed by atoms with Crippen molar-refractivity contribution in [3.63, 3.8) is 0 Å². The number of nitrogens with zero attached hydrogens (tertiary/aromatic N) is 6. The number of benzene rings is 1. The first-order valence-corrected chi connectivity index (χ1v) is 9.07. The number of urea groups is 1. The van der Waals surface area contributed by atoms with Gasteiger partial charge in [0, 0.05) is 43.9 Å². The highest BCUT2D eigenvalue weighted by Crippen LogP contribution is 2.42. The van der Waals surface area contributed by atoms with Crippen molar-refractivity contribution in [1.82, 2.24) is 35.8 Å². The Morgan fingerprint density at radius 1 is 1.16 bits per heavy atom. The van der Waals surface area contributed by atoms with Crippen LogP contribution in [0.4, 0.5) is 27.7 Å². The lowest BCUT2D eigenvalue weighted by atomic mass is 10.0. The van der Waals surface area contributed by atoms with Gasteiger partial charge in [-0.2, -0.15) is 15.0 Å². The molecule has 4 rings (SSSR count). The molecule has 12 nitrogen and oxygen atoms in total. The highest BCUT2D eigenvalue weighted by Gasteiger charge is 2.27. The molecule has 0 unspecified atom stereocenters. The molecule has 0 fully saturated rings. The van der Waals surface area contributed by atoms with Crippen LogP contribution in [0.25, 0.3) is 11.3 Å². The van der Waals surface area contributed by atoms with E-state index in [1.165, 1.54) is 22.8 Å². The van der Waals surface area contributed by atoms with Crippen molar-refractivity contribution < 1.29 is 16.4 Å². The summed E-state index contributed by atoms with van der Waals surface area (Å²) in [6, 6.07) is 5.82. The fourth-order valence-corrected chi connectivity index (χ4v) is 3.17. The van der Waals surface area contributed by atoms with Crippen LogP contribution in [-0.2, 0) is 13.5 Å². The quantitative estimate of drug-likeness (QED) is 0.484. The maximum Gasteiger partial charge on any atom is 0.320 e. The minimum absolute atomic E-state index is 0.0189. The molecule has 160 valence electrons. The second kappa shape index (κ2) is 7.89. The fourth-order valence-electron chi connectivity index (χ4n) is 3.17. The van der Waals surface area contributed by atoms with Crippen molar-refractivity contribution >= 4 is 34.8 Å². The number of carbonyl (C=O) groups excluding carboxylic acids is 2. The topological polar surface area (TPSA) is 142 Å². The SMILES string of the molecule is [2H]C([2H])([2H])NC(=O)c1nnc(NC(=O)NC)cc1Nc1cccc2c1N(C)C([2H])([2H])c1nn(C)nc1-2. The molecule has 1 aliphatic rings. The Balaban J connectivity index is 1.83. The largest absolute Gasteiger partial charge is 0.366 e. The molecule has 12 heteroatoms. The number of nitrogens with one attached hydrogen (secondary N) is 4. The second-order valence-corrected chi connectivity index (χ2v) is 6.53. The molecular formula is C19H22N10O2. The average molecular weight is 427 g/mol. The zero-order valence-electron chi connectivity index (χ0n) is 21.8. The van der Waals surface area contributed by atoms with Gasteiger partial charge in [-0.1, -0.05) is 12.1 Å². The van der Waals surface area contributed by atoms with E-state index in [0.717, 1.165) is 0 Å².